The van der Waals surface area contributed by atoms with Crippen molar-refractivity contribution < 1.29 is 4.79 Å². The number of nitrogens with one attached hydrogen (secondary N) is 1. The summed E-state index contributed by atoms with van der Waals surface area (Å²) >= 11 is 2.88. The Bertz CT molecular complexity index is 1080. The number of hydrogen-bond donors (Lipinski definition) is 1. The number of benzene rings is 1. The van der Waals surface area contributed by atoms with Crippen LogP contribution in [0.1, 0.15) is 39.3 Å². The lowest BCUT2D eigenvalue weighted by Gasteiger charge is -2.02. The molecule has 0 aliphatic rings. The van der Waals surface area contributed by atoms with Gasteiger partial charge < -0.3 is 0 Å². The predicted octanol–water partition coefficient (Wildman–Crippen LogP) is 4.51. The standard InChI is InChI=1S/C19H19N5OS2/c1-3-7-16-21-22-19(27-16)20-17(25)15-10-14-12(2)23-24(18(14)26-15)11-13-8-5-4-6-9-13/h4-6,8-10H,3,7,11H2,1-2H3,(H,20,22,25). The topological polar surface area (TPSA) is 72.7 Å². The van der Waals surface area contributed by atoms with Crippen molar-refractivity contribution in [2.75, 3.05) is 5.32 Å². The van der Waals surface area contributed by atoms with Crippen LogP contribution in [0.3, 0.4) is 0 Å². The molecule has 1 aromatic carbocycles. The molecule has 0 saturated heterocycles. The predicted molar refractivity (Wildman–Crippen MR) is 110 cm³/mol. The maximum atomic E-state index is 12.6. The van der Waals surface area contributed by atoms with Gasteiger partial charge in [0.05, 0.1) is 17.1 Å². The monoisotopic (exact) mass is 397 g/mol. The second kappa shape index (κ2) is 7.58. The van der Waals surface area contributed by atoms with Gasteiger partial charge in [-0.1, -0.05) is 48.6 Å². The second-order valence-electron chi connectivity index (χ2n) is 6.26. The molecular weight excluding hydrogens is 378 g/mol. The van der Waals surface area contributed by atoms with E-state index in [1.807, 2.05) is 35.9 Å². The summed E-state index contributed by atoms with van der Waals surface area (Å²) < 4.78 is 1.96. The van der Waals surface area contributed by atoms with Gasteiger partial charge in [0.1, 0.15) is 9.84 Å². The summed E-state index contributed by atoms with van der Waals surface area (Å²) in [7, 11) is 0. The Labute approximate surface area is 164 Å². The van der Waals surface area contributed by atoms with Crippen LogP contribution in [-0.2, 0) is 13.0 Å². The molecule has 0 aliphatic carbocycles. The van der Waals surface area contributed by atoms with Gasteiger partial charge in [0.15, 0.2) is 0 Å². The van der Waals surface area contributed by atoms with E-state index in [1.165, 1.54) is 28.2 Å². The molecule has 1 amide bonds. The van der Waals surface area contributed by atoms with Crippen molar-refractivity contribution >= 4 is 43.9 Å². The molecule has 3 heterocycles. The van der Waals surface area contributed by atoms with Gasteiger partial charge >= 0.3 is 0 Å². The van der Waals surface area contributed by atoms with Crippen molar-refractivity contribution in [3.05, 3.63) is 57.5 Å². The molecule has 138 valence electrons. The third kappa shape index (κ3) is 3.77. The van der Waals surface area contributed by atoms with Gasteiger partial charge in [-0.15, -0.1) is 21.5 Å². The van der Waals surface area contributed by atoms with E-state index in [1.54, 1.807) is 0 Å². The highest BCUT2D eigenvalue weighted by Crippen LogP contribution is 2.29. The van der Waals surface area contributed by atoms with Gasteiger partial charge in [0, 0.05) is 11.8 Å². The Balaban J connectivity index is 1.57. The number of hydrogen-bond acceptors (Lipinski definition) is 6. The van der Waals surface area contributed by atoms with Gasteiger partial charge in [0.25, 0.3) is 5.91 Å². The van der Waals surface area contributed by atoms with Crippen LogP contribution in [0.4, 0.5) is 5.13 Å². The molecule has 4 rings (SSSR count). The van der Waals surface area contributed by atoms with E-state index in [0.29, 0.717) is 16.6 Å². The zero-order chi connectivity index (χ0) is 18.8. The normalized spacial score (nSPS) is 11.2. The molecule has 6 nitrogen and oxygen atoms in total. The van der Waals surface area contributed by atoms with Gasteiger partial charge in [-0.25, -0.2) is 0 Å². The molecule has 0 bridgehead atoms. The highest BCUT2D eigenvalue weighted by atomic mass is 32.1. The molecule has 27 heavy (non-hydrogen) atoms. The fourth-order valence-electron chi connectivity index (χ4n) is 2.87. The molecule has 0 fully saturated rings. The Kier molecular flexibility index (Phi) is 5.00. The van der Waals surface area contributed by atoms with Gasteiger partial charge in [-0.2, -0.15) is 5.10 Å². The number of carbonyl (C=O) groups is 1. The SMILES string of the molecule is CCCc1nnc(NC(=O)c2cc3c(C)nn(Cc4ccccc4)c3s2)s1. The lowest BCUT2D eigenvalue weighted by atomic mass is 10.2. The first-order chi connectivity index (χ1) is 13.1. The summed E-state index contributed by atoms with van der Waals surface area (Å²) in [6, 6.07) is 12.1. The van der Waals surface area contributed by atoms with Crippen LogP contribution in [-0.4, -0.2) is 25.9 Å². The molecule has 0 saturated carbocycles. The van der Waals surface area contributed by atoms with Crippen LogP contribution < -0.4 is 5.32 Å². The van der Waals surface area contributed by atoms with Crippen LogP contribution in [0.2, 0.25) is 0 Å². The van der Waals surface area contributed by atoms with E-state index in [-0.39, 0.29) is 5.91 Å². The highest BCUT2D eigenvalue weighted by Gasteiger charge is 2.18. The number of amides is 1. The van der Waals surface area contributed by atoms with E-state index in [9.17, 15) is 4.79 Å². The van der Waals surface area contributed by atoms with E-state index in [0.717, 1.165) is 33.8 Å². The minimum absolute atomic E-state index is 0.152. The van der Waals surface area contributed by atoms with Gasteiger partial charge in [-0.3, -0.25) is 14.8 Å². The first-order valence-corrected chi connectivity index (χ1v) is 10.4. The minimum Gasteiger partial charge on any atom is -0.296 e. The summed E-state index contributed by atoms with van der Waals surface area (Å²) in [5, 5.41) is 18.2. The van der Waals surface area contributed by atoms with Crippen LogP contribution in [0, 0.1) is 6.92 Å². The number of rotatable bonds is 6. The smallest absolute Gasteiger partial charge is 0.267 e. The van der Waals surface area contributed by atoms with Crippen LogP contribution in [0.15, 0.2) is 36.4 Å². The van der Waals surface area contributed by atoms with Gasteiger partial charge in [-0.05, 0) is 25.0 Å². The number of carbonyl (C=O) groups excluding carboxylic acids is 1. The second-order valence-corrected chi connectivity index (χ2v) is 8.36. The fraction of sp³-hybridized carbons (Fsp3) is 0.263. The van der Waals surface area contributed by atoms with Crippen LogP contribution in [0.25, 0.3) is 10.2 Å². The van der Waals surface area contributed by atoms with E-state index in [4.69, 9.17) is 0 Å². The lowest BCUT2D eigenvalue weighted by molar-refractivity contribution is 0.103. The van der Waals surface area contributed by atoms with Crippen molar-refractivity contribution in [3.63, 3.8) is 0 Å². The molecular formula is C19H19N5OS2. The van der Waals surface area contributed by atoms with Crippen molar-refractivity contribution in [1.29, 1.82) is 0 Å². The average molecular weight is 398 g/mol. The van der Waals surface area contributed by atoms with Crippen molar-refractivity contribution in [1.82, 2.24) is 20.0 Å². The number of aromatic nitrogens is 4. The lowest BCUT2D eigenvalue weighted by Crippen LogP contribution is -2.09. The third-order valence-electron chi connectivity index (χ3n) is 4.16. The van der Waals surface area contributed by atoms with Crippen molar-refractivity contribution in [2.24, 2.45) is 0 Å². The fourth-order valence-corrected chi connectivity index (χ4v) is 4.76. The zero-order valence-corrected chi connectivity index (χ0v) is 16.7. The van der Waals surface area contributed by atoms with Crippen LogP contribution >= 0.6 is 22.7 Å². The number of aryl methyl sites for hydroxylation is 2. The number of anilines is 1. The number of nitrogens with zero attached hydrogens (tertiary/aromatic N) is 4. The summed E-state index contributed by atoms with van der Waals surface area (Å²) in [6.45, 7) is 4.75. The summed E-state index contributed by atoms with van der Waals surface area (Å²) in [5.41, 5.74) is 2.11. The van der Waals surface area contributed by atoms with E-state index >= 15 is 0 Å². The Morgan fingerprint density at radius 3 is 2.78 bits per heavy atom. The summed E-state index contributed by atoms with van der Waals surface area (Å²) in [4.78, 5) is 14.3. The van der Waals surface area contributed by atoms with E-state index < -0.39 is 0 Å². The molecule has 0 radical (unpaired) electrons. The molecule has 1 N–H and O–H groups in total. The maximum Gasteiger partial charge on any atom is 0.267 e. The first kappa shape index (κ1) is 17.8. The Hall–Kier alpha value is -2.58. The largest absolute Gasteiger partial charge is 0.296 e. The number of fused-ring (bicyclic) bond motifs is 1. The van der Waals surface area contributed by atoms with Gasteiger partial charge in [0.2, 0.25) is 5.13 Å². The maximum absolute atomic E-state index is 12.6. The first-order valence-electron chi connectivity index (χ1n) is 8.78. The average Bonchev–Trinajstić information content (AvgIpc) is 3.35. The van der Waals surface area contributed by atoms with E-state index in [2.05, 4.69) is 39.7 Å². The highest BCUT2D eigenvalue weighted by molar-refractivity contribution is 7.20. The molecule has 3 aromatic heterocycles. The molecule has 0 spiro atoms. The molecule has 0 aliphatic heterocycles. The van der Waals surface area contributed by atoms with Crippen molar-refractivity contribution in [3.8, 4) is 0 Å². The molecule has 0 atom stereocenters. The molecule has 0 unspecified atom stereocenters. The Morgan fingerprint density at radius 1 is 1.19 bits per heavy atom. The minimum atomic E-state index is -0.152. The van der Waals surface area contributed by atoms with Crippen molar-refractivity contribution in [2.45, 2.75) is 33.2 Å². The zero-order valence-electron chi connectivity index (χ0n) is 15.1. The molecule has 8 heteroatoms. The third-order valence-corrected chi connectivity index (χ3v) is 6.20. The quantitative estimate of drug-likeness (QED) is 0.519. The molecule has 4 aromatic rings. The number of thiophene rings is 1. The summed E-state index contributed by atoms with van der Waals surface area (Å²) in [5.74, 6) is -0.152. The van der Waals surface area contributed by atoms with Crippen LogP contribution in [0.5, 0.6) is 0 Å². The Morgan fingerprint density at radius 2 is 2.00 bits per heavy atom. The summed E-state index contributed by atoms with van der Waals surface area (Å²) in [6.07, 6.45) is 1.89.